The van der Waals surface area contributed by atoms with Gasteiger partial charge in [0.25, 0.3) is 5.91 Å². The number of carbonyl (C=O) groups is 3. The minimum atomic E-state index is -0.747. The molecular weight excluding hydrogens is 270 g/mol. The molecule has 17 heavy (non-hydrogen) atoms. The standard InChI is InChI=1S/C8H8ClN3O4S/c1-2-16-7(15)5-4(11-8(9)17-5)6(14)12-10-3-13/h3H,2H2,1H3,(H,10,13)(H,12,14). The Morgan fingerprint density at radius 3 is 2.88 bits per heavy atom. The van der Waals surface area contributed by atoms with Crippen molar-refractivity contribution in [1.29, 1.82) is 0 Å². The number of esters is 1. The van der Waals surface area contributed by atoms with Crippen LogP contribution in [0.15, 0.2) is 0 Å². The summed E-state index contributed by atoms with van der Waals surface area (Å²) in [5.41, 5.74) is 3.78. The Morgan fingerprint density at radius 1 is 1.59 bits per heavy atom. The van der Waals surface area contributed by atoms with Crippen molar-refractivity contribution in [2.75, 3.05) is 6.61 Å². The lowest BCUT2D eigenvalue weighted by Gasteiger charge is -2.02. The van der Waals surface area contributed by atoms with Crippen molar-refractivity contribution in [2.24, 2.45) is 0 Å². The van der Waals surface area contributed by atoms with E-state index in [-0.39, 0.29) is 28.1 Å². The van der Waals surface area contributed by atoms with E-state index in [1.165, 1.54) is 0 Å². The van der Waals surface area contributed by atoms with Crippen LogP contribution in [0.4, 0.5) is 0 Å². The first kappa shape index (κ1) is 13.4. The van der Waals surface area contributed by atoms with Gasteiger partial charge in [-0.05, 0) is 6.92 Å². The molecule has 0 aliphatic heterocycles. The molecule has 0 atom stereocenters. The van der Waals surface area contributed by atoms with E-state index >= 15 is 0 Å². The Kier molecular flexibility index (Phi) is 4.85. The van der Waals surface area contributed by atoms with Crippen LogP contribution in [0.1, 0.15) is 27.1 Å². The number of nitrogens with zero attached hydrogens (tertiary/aromatic N) is 1. The van der Waals surface area contributed by atoms with E-state index in [4.69, 9.17) is 16.3 Å². The normalized spacial score (nSPS) is 9.53. The van der Waals surface area contributed by atoms with E-state index < -0.39 is 11.9 Å². The lowest BCUT2D eigenvalue weighted by molar-refractivity contribution is -0.110. The number of thiazole rings is 1. The van der Waals surface area contributed by atoms with Crippen LogP contribution in [0, 0.1) is 0 Å². The molecule has 0 unspecified atom stereocenters. The fourth-order valence-corrected chi connectivity index (χ4v) is 1.94. The van der Waals surface area contributed by atoms with Gasteiger partial charge in [0.2, 0.25) is 6.41 Å². The number of halogens is 1. The van der Waals surface area contributed by atoms with Crippen LogP contribution in [0.3, 0.4) is 0 Å². The largest absolute Gasteiger partial charge is 0.462 e. The van der Waals surface area contributed by atoms with Crippen LogP contribution < -0.4 is 10.9 Å². The van der Waals surface area contributed by atoms with Gasteiger partial charge in [0, 0.05) is 0 Å². The van der Waals surface area contributed by atoms with E-state index in [1.807, 2.05) is 10.9 Å². The molecule has 0 spiro atoms. The first-order chi connectivity index (χ1) is 8.10. The molecule has 1 aromatic heterocycles. The van der Waals surface area contributed by atoms with E-state index in [0.29, 0.717) is 0 Å². The number of aromatic nitrogens is 1. The Bertz CT molecular complexity index is 448. The summed E-state index contributed by atoms with van der Waals surface area (Å²) in [4.78, 5) is 36.6. The summed E-state index contributed by atoms with van der Waals surface area (Å²) in [7, 11) is 0. The molecule has 0 saturated heterocycles. The molecule has 0 aromatic carbocycles. The Morgan fingerprint density at radius 2 is 2.29 bits per heavy atom. The lowest BCUT2D eigenvalue weighted by Crippen LogP contribution is -2.37. The number of hydrogen-bond acceptors (Lipinski definition) is 6. The molecular formula is C8H8ClN3O4S. The summed E-state index contributed by atoms with van der Waals surface area (Å²) in [5.74, 6) is -1.43. The number of ether oxygens (including phenoxy) is 1. The highest BCUT2D eigenvalue weighted by Crippen LogP contribution is 2.23. The van der Waals surface area contributed by atoms with Crippen molar-refractivity contribution in [1.82, 2.24) is 15.8 Å². The van der Waals surface area contributed by atoms with Crippen molar-refractivity contribution < 1.29 is 19.1 Å². The molecule has 0 fully saturated rings. The second-order valence-corrected chi connectivity index (χ2v) is 4.16. The fourth-order valence-electron chi connectivity index (χ4n) is 0.937. The van der Waals surface area contributed by atoms with Gasteiger partial charge in [-0.2, -0.15) is 0 Å². The van der Waals surface area contributed by atoms with Crippen LogP contribution in [0.2, 0.25) is 4.47 Å². The van der Waals surface area contributed by atoms with Gasteiger partial charge in [0.05, 0.1) is 6.61 Å². The number of hydrazine groups is 1. The van der Waals surface area contributed by atoms with Gasteiger partial charge < -0.3 is 4.74 Å². The van der Waals surface area contributed by atoms with Gasteiger partial charge in [0.15, 0.2) is 10.2 Å². The summed E-state index contributed by atoms with van der Waals surface area (Å²) < 4.78 is 4.77. The summed E-state index contributed by atoms with van der Waals surface area (Å²) >= 11 is 6.44. The molecule has 1 aromatic rings. The second kappa shape index (κ2) is 6.16. The highest BCUT2D eigenvalue weighted by Gasteiger charge is 2.23. The van der Waals surface area contributed by atoms with E-state index in [1.54, 1.807) is 6.92 Å². The number of amides is 2. The van der Waals surface area contributed by atoms with Gasteiger partial charge in [-0.15, -0.1) is 0 Å². The maximum atomic E-state index is 11.5. The molecule has 0 aliphatic carbocycles. The maximum Gasteiger partial charge on any atom is 0.350 e. The topological polar surface area (TPSA) is 97.4 Å². The molecule has 2 N–H and O–H groups in total. The number of hydrogen-bond donors (Lipinski definition) is 2. The summed E-state index contributed by atoms with van der Waals surface area (Å²) in [6.07, 6.45) is 0.274. The van der Waals surface area contributed by atoms with Gasteiger partial charge in [-0.3, -0.25) is 20.4 Å². The van der Waals surface area contributed by atoms with Crippen molar-refractivity contribution in [3.05, 3.63) is 15.0 Å². The zero-order chi connectivity index (χ0) is 12.8. The highest BCUT2D eigenvalue weighted by molar-refractivity contribution is 7.17. The molecule has 1 rings (SSSR count). The number of rotatable bonds is 5. The minimum absolute atomic E-state index is 0.0120. The molecule has 0 saturated carbocycles. The Balaban J connectivity index is 2.94. The van der Waals surface area contributed by atoms with Crippen molar-refractivity contribution >= 4 is 41.2 Å². The molecule has 7 nitrogen and oxygen atoms in total. The van der Waals surface area contributed by atoms with E-state index in [9.17, 15) is 14.4 Å². The summed E-state index contributed by atoms with van der Waals surface area (Å²) in [6.45, 7) is 1.80. The number of carbonyl (C=O) groups excluding carboxylic acids is 3. The van der Waals surface area contributed by atoms with Crippen molar-refractivity contribution in [3.8, 4) is 0 Å². The van der Waals surface area contributed by atoms with Crippen molar-refractivity contribution in [3.63, 3.8) is 0 Å². The van der Waals surface area contributed by atoms with E-state index in [0.717, 1.165) is 11.3 Å². The molecule has 9 heteroatoms. The smallest absolute Gasteiger partial charge is 0.350 e. The Hall–Kier alpha value is -1.67. The van der Waals surface area contributed by atoms with Crippen LogP contribution in [0.5, 0.6) is 0 Å². The third kappa shape index (κ3) is 3.40. The second-order valence-electron chi connectivity index (χ2n) is 2.58. The Labute approximate surface area is 105 Å². The lowest BCUT2D eigenvalue weighted by atomic mass is 10.3. The van der Waals surface area contributed by atoms with Crippen LogP contribution in [0.25, 0.3) is 0 Å². The van der Waals surface area contributed by atoms with Gasteiger partial charge >= 0.3 is 5.97 Å². The van der Waals surface area contributed by atoms with Gasteiger partial charge in [0.1, 0.15) is 4.88 Å². The zero-order valence-electron chi connectivity index (χ0n) is 8.65. The molecule has 1 heterocycles. The molecule has 0 aliphatic rings. The fraction of sp³-hybridized carbons (Fsp3) is 0.250. The van der Waals surface area contributed by atoms with Crippen LogP contribution in [-0.4, -0.2) is 29.9 Å². The average Bonchev–Trinajstić information content (AvgIpc) is 2.68. The maximum absolute atomic E-state index is 11.5. The molecule has 92 valence electrons. The molecule has 2 amide bonds. The van der Waals surface area contributed by atoms with Gasteiger partial charge in [-0.1, -0.05) is 22.9 Å². The monoisotopic (exact) mass is 277 g/mol. The summed E-state index contributed by atoms with van der Waals surface area (Å²) in [6, 6.07) is 0. The van der Waals surface area contributed by atoms with Gasteiger partial charge in [-0.25, -0.2) is 9.78 Å². The highest BCUT2D eigenvalue weighted by atomic mass is 35.5. The zero-order valence-corrected chi connectivity index (χ0v) is 10.2. The predicted octanol–water partition coefficient (Wildman–Crippen LogP) is 0.364. The summed E-state index contributed by atoms with van der Waals surface area (Å²) in [5, 5.41) is 0. The number of nitrogens with one attached hydrogen (secondary N) is 2. The first-order valence-corrected chi connectivity index (χ1v) is 5.62. The minimum Gasteiger partial charge on any atom is -0.462 e. The first-order valence-electron chi connectivity index (χ1n) is 4.43. The predicted molar refractivity (Wildman–Crippen MR) is 59.7 cm³/mol. The quantitative estimate of drug-likeness (QED) is 0.460. The molecule has 0 radical (unpaired) electrons. The van der Waals surface area contributed by atoms with E-state index in [2.05, 4.69) is 4.98 Å². The third-order valence-corrected chi connectivity index (χ3v) is 2.66. The van der Waals surface area contributed by atoms with Crippen LogP contribution in [-0.2, 0) is 9.53 Å². The SMILES string of the molecule is CCOC(=O)c1sc(Cl)nc1C(=O)NNC=O. The molecule has 0 bridgehead atoms. The van der Waals surface area contributed by atoms with Crippen molar-refractivity contribution in [2.45, 2.75) is 6.92 Å². The third-order valence-electron chi connectivity index (χ3n) is 1.52. The van der Waals surface area contributed by atoms with Crippen LogP contribution >= 0.6 is 22.9 Å². The average molecular weight is 278 g/mol.